The van der Waals surface area contributed by atoms with Gasteiger partial charge in [0.15, 0.2) is 0 Å². The molecule has 0 bridgehead atoms. The number of carbonyl (C=O) groups is 3. The third-order valence-corrected chi connectivity index (χ3v) is 3.90. The Kier molecular flexibility index (Phi) is 6.91. The van der Waals surface area contributed by atoms with E-state index in [1.807, 2.05) is 30.3 Å². The van der Waals surface area contributed by atoms with Crippen LogP contribution in [0.5, 0.6) is 0 Å². The first-order valence-corrected chi connectivity index (χ1v) is 8.39. The van der Waals surface area contributed by atoms with Gasteiger partial charge in [0, 0.05) is 26.1 Å². The summed E-state index contributed by atoms with van der Waals surface area (Å²) in [6.07, 6.45) is 0.153. The average molecular weight is 353 g/mol. The third kappa shape index (κ3) is 5.73. The molecule has 0 aliphatic carbocycles. The first-order valence-electron chi connectivity index (χ1n) is 8.39. The molecule has 0 fully saturated rings. The van der Waals surface area contributed by atoms with Crippen LogP contribution in [-0.4, -0.2) is 24.8 Å². The van der Waals surface area contributed by atoms with Crippen molar-refractivity contribution in [2.45, 2.75) is 25.9 Å². The maximum absolute atomic E-state index is 12.3. The molecule has 0 aliphatic rings. The molecule has 26 heavy (non-hydrogen) atoms. The highest BCUT2D eigenvalue weighted by atomic mass is 16.2. The standard InChI is InChI=1S/C20H23N3O3/c1-14(24)23-18(16-6-4-3-5-7-16)12-19(25)22-13-15-8-10-17(11-9-15)20(26)21-2/h3-11,18H,12-13H2,1-2H3,(H,21,26)(H,22,25)(H,23,24). The molecule has 1 unspecified atom stereocenters. The Labute approximate surface area is 153 Å². The topological polar surface area (TPSA) is 87.3 Å². The van der Waals surface area contributed by atoms with Crippen LogP contribution >= 0.6 is 0 Å². The summed E-state index contributed by atoms with van der Waals surface area (Å²) in [4.78, 5) is 35.2. The quantitative estimate of drug-likeness (QED) is 0.711. The minimum atomic E-state index is -0.371. The molecule has 6 heteroatoms. The third-order valence-electron chi connectivity index (χ3n) is 3.90. The van der Waals surface area contributed by atoms with Crippen LogP contribution in [-0.2, 0) is 16.1 Å². The van der Waals surface area contributed by atoms with E-state index in [0.717, 1.165) is 11.1 Å². The smallest absolute Gasteiger partial charge is 0.251 e. The molecule has 0 radical (unpaired) electrons. The summed E-state index contributed by atoms with van der Waals surface area (Å²) in [6, 6.07) is 16.0. The van der Waals surface area contributed by atoms with Gasteiger partial charge < -0.3 is 16.0 Å². The highest BCUT2D eigenvalue weighted by molar-refractivity contribution is 5.93. The predicted octanol–water partition coefficient (Wildman–Crippen LogP) is 1.93. The number of benzene rings is 2. The Morgan fingerprint density at radius 2 is 1.62 bits per heavy atom. The van der Waals surface area contributed by atoms with E-state index in [-0.39, 0.29) is 30.2 Å². The second-order valence-electron chi connectivity index (χ2n) is 5.92. The number of hydrogen-bond acceptors (Lipinski definition) is 3. The van der Waals surface area contributed by atoms with Gasteiger partial charge in [-0.15, -0.1) is 0 Å². The largest absolute Gasteiger partial charge is 0.355 e. The Balaban J connectivity index is 1.93. The molecular weight excluding hydrogens is 330 g/mol. The highest BCUT2D eigenvalue weighted by Crippen LogP contribution is 2.16. The molecule has 1 atom stereocenters. The maximum atomic E-state index is 12.3. The SMILES string of the molecule is CNC(=O)c1ccc(CNC(=O)CC(NC(C)=O)c2ccccc2)cc1. The number of nitrogens with one attached hydrogen (secondary N) is 3. The fourth-order valence-electron chi connectivity index (χ4n) is 2.56. The molecule has 2 rings (SSSR count). The molecule has 0 aromatic heterocycles. The van der Waals surface area contributed by atoms with Crippen molar-refractivity contribution in [1.29, 1.82) is 0 Å². The van der Waals surface area contributed by atoms with Gasteiger partial charge >= 0.3 is 0 Å². The van der Waals surface area contributed by atoms with Gasteiger partial charge in [0.25, 0.3) is 5.91 Å². The summed E-state index contributed by atoms with van der Waals surface area (Å²) in [5.74, 6) is -0.499. The van der Waals surface area contributed by atoms with Gasteiger partial charge in [-0.05, 0) is 23.3 Å². The Morgan fingerprint density at radius 1 is 0.962 bits per heavy atom. The second-order valence-corrected chi connectivity index (χ2v) is 5.92. The summed E-state index contributed by atoms with van der Waals surface area (Å²) >= 11 is 0. The first-order chi connectivity index (χ1) is 12.5. The molecule has 2 aromatic rings. The van der Waals surface area contributed by atoms with Crippen molar-refractivity contribution in [1.82, 2.24) is 16.0 Å². The van der Waals surface area contributed by atoms with Crippen LogP contribution in [0.3, 0.4) is 0 Å². The maximum Gasteiger partial charge on any atom is 0.251 e. The van der Waals surface area contributed by atoms with Crippen molar-refractivity contribution in [3.05, 3.63) is 71.3 Å². The van der Waals surface area contributed by atoms with Gasteiger partial charge in [-0.3, -0.25) is 14.4 Å². The van der Waals surface area contributed by atoms with Gasteiger partial charge in [-0.2, -0.15) is 0 Å². The van der Waals surface area contributed by atoms with E-state index in [2.05, 4.69) is 16.0 Å². The summed E-state index contributed by atoms with van der Waals surface area (Å²) in [5, 5.41) is 8.21. The first kappa shape index (κ1) is 19.2. The number of rotatable bonds is 7. The van der Waals surface area contributed by atoms with Crippen LogP contribution in [0.2, 0.25) is 0 Å². The molecule has 0 spiro atoms. The van der Waals surface area contributed by atoms with Crippen LogP contribution in [0.25, 0.3) is 0 Å². The second kappa shape index (κ2) is 9.36. The number of amides is 3. The van der Waals surface area contributed by atoms with E-state index in [0.29, 0.717) is 12.1 Å². The lowest BCUT2D eigenvalue weighted by molar-refractivity contribution is -0.122. The molecule has 2 aromatic carbocycles. The highest BCUT2D eigenvalue weighted by Gasteiger charge is 2.16. The Hall–Kier alpha value is -3.15. The van der Waals surface area contributed by atoms with Gasteiger partial charge in [-0.1, -0.05) is 42.5 Å². The van der Waals surface area contributed by atoms with Gasteiger partial charge in [0.05, 0.1) is 12.5 Å². The number of carbonyl (C=O) groups excluding carboxylic acids is 3. The minimum absolute atomic E-state index is 0.151. The zero-order chi connectivity index (χ0) is 18.9. The van der Waals surface area contributed by atoms with Crippen LogP contribution in [0.15, 0.2) is 54.6 Å². The van der Waals surface area contributed by atoms with E-state index >= 15 is 0 Å². The molecule has 136 valence electrons. The molecule has 3 N–H and O–H groups in total. The van der Waals surface area contributed by atoms with Gasteiger partial charge in [0.2, 0.25) is 11.8 Å². The van der Waals surface area contributed by atoms with E-state index in [9.17, 15) is 14.4 Å². The molecule has 0 saturated carbocycles. The van der Waals surface area contributed by atoms with Crippen LogP contribution in [0, 0.1) is 0 Å². The summed E-state index contributed by atoms with van der Waals surface area (Å²) in [6.45, 7) is 1.79. The van der Waals surface area contributed by atoms with Crippen LogP contribution in [0.1, 0.15) is 40.9 Å². The lowest BCUT2D eigenvalue weighted by Gasteiger charge is -2.18. The summed E-state index contributed by atoms with van der Waals surface area (Å²) in [5.41, 5.74) is 2.34. The number of hydrogen-bond donors (Lipinski definition) is 3. The zero-order valence-electron chi connectivity index (χ0n) is 14.9. The average Bonchev–Trinajstić information content (AvgIpc) is 2.66. The Bertz CT molecular complexity index is 758. The summed E-state index contributed by atoms with van der Waals surface area (Å²) < 4.78 is 0. The molecule has 0 heterocycles. The van der Waals surface area contributed by atoms with Crippen molar-refractivity contribution >= 4 is 17.7 Å². The lowest BCUT2D eigenvalue weighted by atomic mass is 10.0. The van der Waals surface area contributed by atoms with Gasteiger partial charge in [0.1, 0.15) is 0 Å². The fraction of sp³-hybridized carbons (Fsp3) is 0.250. The molecule has 6 nitrogen and oxygen atoms in total. The Morgan fingerprint density at radius 3 is 2.19 bits per heavy atom. The van der Waals surface area contributed by atoms with Crippen molar-refractivity contribution in [2.75, 3.05) is 7.05 Å². The molecule has 0 aliphatic heterocycles. The van der Waals surface area contributed by atoms with E-state index in [1.165, 1.54) is 6.92 Å². The molecule has 3 amide bonds. The van der Waals surface area contributed by atoms with Gasteiger partial charge in [-0.25, -0.2) is 0 Å². The van der Waals surface area contributed by atoms with Crippen molar-refractivity contribution < 1.29 is 14.4 Å². The van der Waals surface area contributed by atoms with Crippen molar-refractivity contribution in [2.24, 2.45) is 0 Å². The van der Waals surface area contributed by atoms with Crippen LogP contribution < -0.4 is 16.0 Å². The monoisotopic (exact) mass is 353 g/mol. The zero-order valence-corrected chi connectivity index (χ0v) is 14.9. The summed E-state index contributed by atoms with van der Waals surface area (Å²) in [7, 11) is 1.58. The van der Waals surface area contributed by atoms with Crippen molar-refractivity contribution in [3.63, 3.8) is 0 Å². The van der Waals surface area contributed by atoms with E-state index in [4.69, 9.17) is 0 Å². The molecular formula is C20H23N3O3. The predicted molar refractivity (Wildman–Crippen MR) is 99.3 cm³/mol. The molecule has 0 saturated heterocycles. The minimum Gasteiger partial charge on any atom is -0.355 e. The van der Waals surface area contributed by atoms with Crippen molar-refractivity contribution in [3.8, 4) is 0 Å². The fourth-order valence-corrected chi connectivity index (χ4v) is 2.56. The van der Waals surface area contributed by atoms with E-state index < -0.39 is 0 Å². The van der Waals surface area contributed by atoms with Crippen LogP contribution in [0.4, 0.5) is 0 Å². The normalized spacial score (nSPS) is 11.3. The lowest BCUT2D eigenvalue weighted by Crippen LogP contribution is -2.32. The van der Waals surface area contributed by atoms with E-state index in [1.54, 1.807) is 31.3 Å².